The SMILES string of the molecule is COc1cc(OC)c(C2CC(CN)CN2C)cc1OC. The first-order valence-electron chi connectivity index (χ1n) is 6.84. The Kier molecular flexibility index (Phi) is 4.73. The summed E-state index contributed by atoms with van der Waals surface area (Å²) in [6.07, 6.45) is 1.04. The van der Waals surface area contributed by atoms with E-state index in [4.69, 9.17) is 19.9 Å². The van der Waals surface area contributed by atoms with Crippen molar-refractivity contribution < 1.29 is 14.2 Å². The molecule has 1 aromatic rings. The van der Waals surface area contributed by atoms with Gasteiger partial charge in [-0.25, -0.2) is 0 Å². The van der Waals surface area contributed by atoms with Crippen LogP contribution in [0.5, 0.6) is 17.2 Å². The van der Waals surface area contributed by atoms with Crippen LogP contribution < -0.4 is 19.9 Å². The van der Waals surface area contributed by atoms with E-state index in [1.54, 1.807) is 21.3 Å². The lowest BCUT2D eigenvalue weighted by Crippen LogP contribution is -2.21. The van der Waals surface area contributed by atoms with Crippen molar-refractivity contribution in [1.82, 2.24) is 4.90 Å². The molecule has 5 nitrogen and oxygen atoms in total. The highest BCUT2D eigenvalue weighted by Gasteiger charge is 2.32. The molecule has 1 fully saturated rings. The van der Waals surface area contributed by atoms with Gasteiger partial charge in [-0.2, -0.15) is 0 Å². The summed E-state index contributed by atoms with van der Waals surface area (Å²) in [5, 5.41) is 0. The molecule has 0 saturated carbocycles. The quantitative estimate of drug-likeness (QED) is 0.889. The molecule has 2 N–H and O–H groups in total. The molecule has 0 radical (unpaired) electrons. The molecule has 112 valence electrons. The van der Waals surface area contributed by atoms with Crippen molar-refractivity contribution in [2.24, 2.45) is 11.7 Å². The summed E-state index contributed by atoms with van der Waals surface area (Å²) in [4.78, 5) is 2.32. The molecule has 0 amide bonds. The number of nitrogens with two attached hydrogens (primary N) is 1. The maximum absolute atomic E-state index is 5.81. The minimum atomic E-state index is 0.304. The first kappa shape index (κ1) is 14.9. The normalized spacial score (nSPS) is 22.9. The summed E-state index contributed by atoms with van der Waals surface area (Å²) in [6, 6.07) is 4.20. The van der Waals surface area contributed by atoms with Crippen molar-refractivity contribution in [3.8, 4) is 17.2 Å². The lowest BCUT2D eigenvalue weighted by atomic mass is 9.98. The zero-order valence-electron chi connectivity index (χ0n) is 12.7. The summed E-state index contributed by atoms with van der Waals surface area (Å²) >= 11 is 0. The highest BCUT2D eigenvalue weighted by molar-refractivity contribution is 5.52. The van der Waals surface area contributed by atoms with Crippen LogP contribution in [0.2, 0.25) is 0 Å². The highest BCUT2D eigenvalue weighted by Crippen LogP contribution is 2.43. The predicted octanol–water partition coefficient (Wildman–Crippen LogP) is 1.66. The monoisotopic (exact) mass is 280 g/mol. The summed E-state index contributed by atoms with van der Waals surface area (Å²) in [5.74, 6) is 2.77. The third-order valence-corrected chi connectivity index (χ3v) is 4.06. The second-order valence-corrected chi connectivity index (χ2v) is 5.24. The fraction of sp³-hybridized carbons (Fsp3) is 0.600. The minimum absolute atomic E-state index is 0.304. The molecule has 5 heteroatoms. The predicted molar refractivity (Wildman–Crippen MR) is 78.6 cm³/mol. The van der Waals surface area contributed by atoms with Gasteiger partial charge in [0.2, 0.25) is 0 Å². The second kappa shape index (κ2) is 6.33. The number of hydrogen-bond donors (Lipinski definition) is 1. The van der Waals surface area contributed by atoms with Gasteiger partial charge in [-0.15, -0.1) is 0 Å². The molecule has 0 aliphatic carbocycles. The zero-order valence-corrected chi connectivity index (χ0v) is 12.7. The van der Waals surface area contributed by atoms with Crippen LogP contribution in [0, 0.1) is 5.92 Å². The Morgan fingerprint density at radius 2 is 1.70 bits per heavy atom. The van der Waals surface area contributed by atoms with Gasteiger partial charge in [-0.1, -0.05) is 0 Å². The van der Waals surface area contributed by atoms with Gasteiger partial charge in [0.15, 0.2) is 11.5 Å². The molecule has 0 aromatic heterocycles. The Morgan fingerprint density at radius 3 is 2.20 bits per heavy atom. The van der Waals surface area contributed by atoms with E-state index in [9.17, 15) is 0 Å². The molecule has 1 aliphatic heterocycles. The van der Waals surface area contributed by atoms with Crippen molar-refractivity contribution in [1.29, 1.82) is 0 Å². The topological polar surface area (TPSA) is 57.0 Å². The van der Waals surface area contributed by atoms with Crippen molar-refractivity contribution in [3.05, 3.63) is 17.7 Å². The summed E-state index contributed by atoms with van der Waals surface area (Å²) in [6.45, 7) is 1.73. The molecule has 1 saturated heterocycles. The van der Waals surface area contributed by atoms with Crippen LogP contribution >= 0.6 is 0 Å². The van der Waals surface area contributed by atoms with E-state index < -0.39 is 0 Å². The average Bonchev–Trinajstić information content (AvgIpc) is 2.86. The molecular formula is C15H24N2O3. The van der Waals surface area contributed by atoms with Gasteiger partial charge in [0.1, 0.15) is 5.75 Å². The van der Waals surface area contributed by atoms with E-state index in [0.717, 1.165) is 36.6 Å². The molecule has 2 rings (SSSR count). The van der Waals surface area contributed by atoms with Gasteiger partial charge in [0.25, 0.3) is 0 Å². The van der Waals surface area contributed by atoms with E-state index >= 15 is 0 Å². The molecule has 2 unspecified atom stereocenters. The summed E-state index contributed by atoms with van der Waals surface area (Å²) in [5.41, 5.74) is 6.93. The number of benzene rings is 1. The van der Waals surface area contributed by atoms with Crippen molar-refractivity contribution in [2.45, 2.75) is 12.5 Å². The molecule has 2 atom stereocenters. The molecule has 20 heavy (non-hydrogen) atoms. The van der Waals surface area contributed by atoms with Crippen molar-refractivity contribution in [2.75, 3.05) is 41.5 Å². The molecule has 0 bridgehead atoms. The Hall–Kier alpha value is -1.46. The largest absolute Gasteiger partial charge is 0.496 e. The highest BCUT2D eigenvalue weighted by atomic mass is 16.5. The van der Waals surface area contributed by atoms with Gasteiger partial charge in [0, 0.05) is 24.2 Å². The Bertz CT molecular complexity index is 465. The lowest BCUT2D eigenvalue weighted by molar-refractivity contribution is 0.298. The van der Waals surface area contributed by atoms with Crippen LogP contribution in [-0.2, 0) is 0 Å². The third kappa shape index (κ3) is 2.69. The number of nitrogens with zero attached hydrogens (tertiary/aromatic N) is 1. The minimum Gasteiger partial charge on any atom is -0.496 e. The number of likely N-dealkylation sites (tertiary alicyclic amines) is 1. The second-order valence-electron chi connectivity index (χ2n) is 5.24. The third-order valence-electron chi connectivity index (χ3n) is 4.06. The fourth-order valence-electron chi connectivity index (χ4n) is 2.95. The summed E-state index contributed by atoms with van der Waals surface area (Å²) in [7, 11) is 7.08. The lowest BCUT2D eigenvalue weighted by Gasteiger charge is -2.23. The van der Waals surface area contributed by atoms with Gasteiger partial charge in [-0.05, 0) is 32.0 Å². The van der Waals surface area contributed by atoms with Crippen LogP contribution in [0.4, 0.5) is 0 Å². The standard InChI is InChI=1S/C15H24N2O3/c1-17-9-10(8-16)5-12(17)11-6-14(19-3)15(20-4)7-13(11)18-2/h6-7,10,12H,5,8-9,16H2,1-4H3. The zero-order chi connectivity index (χ0) is 14.7. The maximum atomic E-state index is 5.81. The van der Waals surface area contributed by atoms with Crippen LogP contribution in [0.1, 0.15) is 18.0 Å². The van der Waals surface area contributed by atoms with Crippen LogP contribution in [-0.4, -0.2) is 46.4 Å². The Morgan fingerprint density at radius 1 is 1.10 bits per heavy atom. The van der Waals surface area contributed by atoms with Gasteiger partial charge in [0.05, 0.1) is 21.3 Å². The molecule has 1 aromatic carbocycles. The van der Waals surface area contributed by atoms with E-state index in [1.165, 1.54) is 0 Å². The van der Waals surface area contributed by atoms with Crippen LogP contribution in [0.15, 0.2) is 12.1 Å². The maximum Gasteiger partial charge on any atom is 0.164 e. The number of ether oxygens (including phenoxy) is 3. The Balaban J connectivity index is 2.39. The average molecular weight is 280 g/mol. The fourth-order valence-corrected chi connectivity index (χ4v) is 2.95. The van der Waals surface area contributed by atoms with E-state index in [-0.39, 0.29) is 0 Å². The smallest absolute Gasteiger partial charge is 0.164 e. The van der Waals surface area contributed by atoms with E-state index in [1.807, 2.05) is 12.1 Å². The molecule has 1 aliphatic rings. The summed E-state index contributed by atoms with van der Waals surface area (Å²) < 4.78 is 16.3. The van der Waals surface area contributed by atoms with Gasteiger partial charge >= 0.3 is 0 Å². The number of rotatable bonds is 5. The molecular weight excluding hydrogens is 256 g/mol. The molecule has 0 spiro atoms. The van der Waals surface area contributed by atoms with Crippen LogP contribution in [0.3, 0.4) is 0 Å². The van der Waals surface area contributed by atoms with Crippen molar-refractivity contribution >= 4 is 0 Å². The van der Waals surface area contributed by atoms with E-state index in [0.29, 0.717) is 17.7 Å². The first-order valence-corrected chi connectivity index (χ1v) is 6.84. The van der Waals surface area contributed by atoms with Gasteiger partial charge < -0.3 is 19.9 Å². The first-order chi connectivity index (χ1) is 9.64. The van der Waals surface area contributed by atoms with Crippen molar-refractivity contribution in [3.63, 3.8) is 0 Å². The number of hydrogen-bond acceptors (Lipinski definition) is 5. The van der Waals surface area contributed by atoms with Crippen LogP contribution in [0.25, 0.3) is 0 Å². The number of methoxy groups -OCH3 is 3. The Labute approximate surface area is 120 Å². The van der Waals surface area contributed by atoms with E-state index in [2.05, 4.69) is 11.9 Å². The van der Waals surface area contributed by atoms with Gasteiger partial charge in [-0.3, -0.25) is 4.90 Å². The molecule has 1 heterocycles.